The minimum Gasteiger partial charge on any atom is -0.380 e. The van der Waals surface area contributed by atoms with Gasteiger partial charge in [-0.1, -0.05) is 0 Å². The van der Waals surface area contributed by atoms with Gasteiger partial charge in [0.25, 0.3) is 5.56 Å². The Morgan fingerprint density at radius 2 is 2.50 bits per heavy atom. The van der Waals surface area contributed by atoms with E-state index in [0.717, 1.165) is 23.6 Å². The smallest absolute Gasteiger partial charge is 0.288 e. The van der Waals surface area contributed by atoms with Gasteiger partial charge in [-0.3, -0.25) is 4.79 Å². The third-order valence-corrected chi connectivity index (χ3v) is 2.82. The Kier molecular flexibility index (Phi) is 2.03. The van der Waals surface area contributed by atoms with E-state index in [1.54, 1.807) is 18.0 Å². The summed E-state index contributed by atoms with van der Waals surface area (Å²) in [7, 11) is 0. The van der Waals surface area contributed by atoms with Crippen molar-refractivity contribution < 1.29 is 0 Å². The number of aromatic amines is 1. The fourth-order valence-corrected chi connectivity index (χ4v) is 2.07. The van der Waals surface area contributed by atoms with Gasteiger partial charge in [0.1, 0.15) is 5.69 Å². The van der Waals surface area contributed by atoms with Crippen LogP contribution in [0.15, 0.2) is 15.9 Å². The first kappa shape index (κ1) is 7.67. The maximum Gasteiger partial charge on any atom is 0.288 e. The number of hydrogen-bond acceptors (Lipinski definition) is 4. The van der Waals surface area contributed by atoms with E-state index >= 15 is 0 Å². The first-order valence-corrected chi connectivity index (χ1v) is 4.81. The molecule has 5 heteroatoms. The van der Waals surface area contributed by atoms with Crippen molar-refractivity contribution >= 4 is 17.4 Å². The van der Waals surface area contributed by atoms with Gasteiger partial charge in [-0.2, -0.15) is 5.10 Å². The molecular formula is C7H9N3OS. The molecule has 0 atom stereocenters. The zero-order valence-electron chi connectivity index (χ0n) is 6.46. The molecule has 0 amide bonds. The lowest BCUT2D eigenvalue weighted by Crippen LogP contribution is -2.15. The van der Waals surface area contributed by atoms with Gasteiger partial charge < -0.3 is 5.32 Å². The average Bonchev–Trinajstić information content (AvgIpc) is 2.30. The molecule has 4 nitrogen and oxygen atoms in total. The third kappa shape index (κ3) is 1.32. The summed E-state index contributed by atoms with van der Waals surface area (Å²) in [4.78, 5) is 12.2. The molecule has 0 saturated carbocycles. The zero-order chi connectivity index (χ0) is 8.39. The highest BCUT2D eigenvalue weighted by Gasteiger charge is 2.10. The lowest BCUT2D eigenvalue weighted by molar-refractivity contribution is 0.943. The van der Waals surface area contributed by atoms with Crippen molar-refractivity contribution in [3.63, 3.8) is 0 Å². The summed E-state index contributed by atoms with van der Waals surface area (Å²) in [6.45, 7) is 0.868. The van der Waals surface area contributed by atoms with E-state index < -0.39 is 0 Å². The Bertz CT molecular complexity index is 336. The van der Waals surface area contributed by atoms with Gasteiger partial charge in [-0.25, -0.2) is 5.10 Å². The van der Waals surface area contributed by atoms with Crippen molar-refractivity contribution in [3.8, 4) is 0 Å². The molecule has 2 rings (SSSR count). The summed E-state index contributed by atoms with van der Waals surface area (Å²) in [5, 5.41) is 9.24. The Morgan fingerprint density at radius 1 is 1.58 bits per heavy atom. The van der Waals surface area contributed by atoms with Gasteiger partial charge in [0.05, 0.1) is 11.1 Å². The maximum absolute atomic E-state index is 11.2. The molecule has 0 aromatic carbocycles. The molecule has 0 spiro atoms. The maximum atomic E-state index is 11.2. The quantitative estimate of drug-likeness (QED) is 0.621. The van der Waals surface area contributed by atoms with Crippen molar-refractivity contribution in [2.24, 2.45) is 0 Å². The standard InChI is InChI=1S/C7H9N3OS/c11-7-6-5(4-9-10-7)12-3-1-2-8-6/h4,8H,1-3H2,(H,10,11). The number of aromatic nitrogens is 2. The van der Waals surface area contributed by atoms with E-state index in [0.29, 0.717) is 5.69 Å². The highest BCUT2D eigenvalue weighted by atomic mass is 32.2. The average molecular weight is 183 g/mol. The first-order chi connectivity index (χ1) is 5.88. The largest absolute Gasteiger partial charge is 0.380 e. The summed E-state index contributed by atoms with van der Waals surface area (Å²) in [6.07, 6.45) is 2.78. The van der Waals surface area contributed by atoms with Crippen LogP contribution in [0, 0.1) is 0 Å². The summed E-state index contributed by atoms with van der Waals surface area (Å²) < 4.78 is 0. The van der Waals surface area contributed by atoms with Crippen LogP contribution in [0.4, 0.5) is 5.69 Å². The van der Waals surface area contributed by atoms with Gasteiger partial charge in [-0.15, -0.1) is 11.8 Å². The van der Waals surface area contributed by atoms with Crippen molar-refractivity contribution in [2.45, 2.75) is 11.3 Å². The number of thioether (sulfide) groups is 1. The topological polar surface area (TPSA) is 57.8 Å². The number of nitrogens with zero attached hydrogens (tertiary/aromatic N) is 1. The normalized spacial score (nSPS) is 16.0. The fourth-order valence-electron chi connectivity index (χ4n) is 1.13. The van der Waals surface area contributed by atoms with Crippen LogP contribution in [0.1, 0.15) is 6.42 Å². The van der Waals surface area contributed by atoms with Gasteiger partial charge in [0, 0.05) is 6.54 Å². The molecule has 1 aliphatic rings. The molecule has 0 bridgehead atoms. The zero-order valence-corrected chi connectivity index (χ0v) is 7.28. The van der Waals surface area contributed by atoms with Crippen LogP contribution in [0.5, 0.6) is 0 Å². The SMILES string of the molecule is O=c1[nH]ncc2c1NCCCS2. The number of hydrogen-bond donors (Lipinski definition) is 2. The van der Waals surface area contributed by atoms with Crippen molar-refractivity contribution in [1.29, 1.82) is 0 Å². The second kappa shape index (κ2) is 3.18. The Balaban J connectivity index is 2.49. The second-order valence-corrected chi connectivity index (χ2v) is 3.70. The Hall–Kier alpha value is -0.970. The summed E-state index contributed by atoms with van der Waals surface area (Å²) in [5.41, 5.74) is 0.550. The molecule has 12 heavy (non-hydrogen) atoms. The molecule has 0 radical (unpaired) electrons. The van der Waals surface area contributed by atoms with Gasteiger partial charge in [-0.05, 0) is 12.2 Å². The van der Waals surface area contributed by atoms with E-state index in [2.05, 4.69) is 15.5 Å². The van der Waals surface area contributed by atoms with Gasteiger partial charge in [0.15, 0.2) is 0 Å². The summed E-state index contributed by atoms with van der Waals surface area (Å²) in [6, 6.07) is 0. The lowest BCUT2D eigenvalue weighted by Gasteiger charge is -2.02. The lowest BCUT2D eigenvalue weighted by atomic mass is 10.4. The molecule has 1 aromatic heterocycles. The fraction of sp³-hybridized carbons (Fsp3) is 0.429. The summed E-state index contributed by atoms with van der Waals surface area (Å²) >= 11 is 1.68. The van der Waals surface area contributed by atoms with Crippen LogP contribution < -0.4 is 10.9 Å². The number of H-pyrrole nitrogens is 1. The minimum absolute atomic E-state index is 0.123. The highest BCUT2D eigenvalue weighted by Crippen LogP contribution is 2.25. The monoisotopic (exact) mass is 183 g/mol. The van der Waals surface area contributed by atoms with Crippen LogP contribution in [-0.2, 0) is 0 Å². The van der Waals surface area contributed by atoms with E-state index in [4.69, 9.17) is 0 Å². The van der Waals surface area contributed by atoms with Crippen molar-refractivity contribution in [3.05, 3.63) is 16.6 Å². The van der Waals surface area contributed by atoms with E-state index in [9.17, 15) is 4.79 Å². The van der Waals surface area contributed by atoms with E-state index in [-0.39, 0.29) is 5.56 Å². The van der Waals surface area contributed by atoms with Crippen LogP contribution in [0.25, 0.3) is 0 Å². The molecular weight excluding hydrogens is 174 g/mol. The number of nitrogens with one attached hydrogen (secondary N) is 2. The molecule has 0 aliphatic carbocycles. The summed E-state index contributed by atoms with van der Waals surface area (Å²) in [5.74, 6) is 1.05. The van der Waals surface area contributed by atoms with Crippen molar-refractivity contribution in [1.82, 2.24) is 10.2 Å². The number of anilines is 1. The van der Waals surface area contributed by atoms with E-state index in [1.807, 2.05) is 0 Å². The number of fused-ring (bicyclic) bond motifs is 1. The molecule has 64 valence electrons. The predicted molar refractivity (Wildman–Crippen MR) is 48.7 cm³/mol. The number of rotatable bonds is 0. The predicted octanol–water partition coefficient (Wildman–Crippen LogP) is 0.678. The van der Waals surface area contributed by atoms with Crippen LogP contribution in [0.3, 0.4) is 0 Å². The second-order valence-electron chi connectivity index (χ2n) is 2.57. The van der Waals surface area contributed by atoms with Crippen LogP contribution >= 0.6 is 11.8 Å². The van der Waals surface area contributed by atoms with E-state index in [1.165, 1.54) is 0 Å². The molecule has 2 N–H and O–H groups in total. The van der Waals surface area contributed by atoms with Gasteiger partial charge in [0.2, 0.25) is 0 Å². The molecule has 1 aromatic rings. The third-order valence-electron chi connectivity index (χ3n) is 1.70. The molecule has 0 fully saturated rings. The Labute approximate surface area is 73.8 Å². The molecule has 2 heterocycles. The first-order valence-electron chi connectivity index (χ1n) is 3.82. The molecule has 0 saturated heterocycles. The highest BCUT2D eigenvalue weighted by molar-refractivity contribution is 7.99. The van der Waals surface area contributed by atoms with Crippen LogP contribution in [-0.4, -0.2) is 22.5 Å². The minimum atomic E-state index is -0.123. The van der Waals surface area contributed by atoms with Gasteiger partial charge >= 0.3 is 0 Å². The molecule has 1 aliphatic heterocycles. The van der Waals surface area contributed by atoms with Crippen LogP contribution in [0.2, 0.25) is 0 Å². The molecule has 0 unspecified atom stereocenters. The Morgan fingerprint density at radius 3 is 3.42 bits per heavy atom. The van der Waals surface area contributed by atoms with Crippen molar-refractivity contribution in [2.75, 3.05) is 17.6 Å².